The largest absolute Gasteiger partial charge is 0.197 e. The van der Waals surface area contributed by atoms with Crippen molar-refractivity contribution >= 4 is 40.5 Å². The molecule has 0 fully saturated rings. The molecule has 3 heteroatoms. The van der Waals surface area contributed by atoms with Crippen LogP contribution in [-0.2, 0) is 0 Å². The summed E-state index contributed by atoms with van der Waals surface area (Å²) in [4.78, 5) is 0. The van der Waals surface area contributed by atoms with Gasteiger partial charge in [0.05, 0.1) is 0 Å². The maximum Gasteiger partial charge on any atom is -0.0776 e. The molecule has 0 spiro atoms. The summed E-state index contributed by atoms with van der Waals surface area (Å²) in [6, 6.07) is 0. The summed E-state index contributed by atoms with van der Waals surface area (Å²) in [5.74, 6) is 0. The molecule has 0 saturated carbocycles. The second-order valence-electron chi connectivity index (χ2n) is 0. The lowest BCUT2D eigenvalue weighted by atomic mass is 12.0. The maximum atomic E-state index is 0. The molecule has 0 aromatic heterocycles. The minimum absolute atomic E-state index is 0. The van der Waals surface area contributed by atoms with Crippen LogP contribution < -0.4 is 0 Å². The summed E-state index contributed by atoms with van der Waals surface area (Å²) in [6.07, 6.45) is 0. The summed E-state index contributed by atoms with van der Waals surface area (Å²) >= 11 is 0. The van der Waals surface area contributed by atoms with E-state index < -0.39 is 0 Å². The summed E-state index contributed by atoms with van der Waals surface area (Å²) in [7, 11) is 0. The zero-order valence-electron chi connectivity index (χ0n) is 1.50. The topological polar surface area (TPSA) is 0 Å². The van der Waals surface area contributed by atoms with Crippen molar-refractivity contribution in [1.82, 2.24) is 0 Å². The first-order valence-electron chi connectivity index (χ1n) is 0. The Hall–Kier alpha value is 1.05. The van der Waals surface area contributed by atoms with E-state index in [2.05, 4.69) is 0 Å². The highest BCUT2D eigenvalue weighted by Crippen LogP contribution is 0.650. The molecule has 0 aromatic carbocycles. The molecule has 0 radical (unpaired) electrons. The Morgan fingerprint density at radius 3 is 0.286 bits per heavy atom. The van der Waals surface area contributed by atoms with Crippen molar-refractivity contribution in [3.8, 4) is 0 Å². The highest BCUT2D eigenvalue weighted by atomic mass is 32.1. The standard InChI is InChI=1S/4CH4.3H2S/h4*1H4;3*1H2. The lowest BCUT2D eigenvalue weighted by Gasteiger charge is -0.198. The average molecular weight is 166 g/mol. The molecule has 0 aliphatic carbocycles. The second-order valence-corrected chi connectivity index (χ2v) is 0. The molecule has 0 aliphatic heterocycles. The molecule has 0 aliphatic rings. The third-order valence-corrected chi connectivity index (χ3v) is 0. The predicted molar refractivity (Wildman–Crippen MR) is 58.1 cm³/mol. The predicted octanol–water partition coefficient (Wildman–Crippen LogP) is 2.88. The Bertz CT molecular complexity index is 6.90. The van der Waals surface area contributed by atoms with Gasteiger partial charge >= 0.3 is 0 Å². The Labute approximate surface area is 70.4 Å². The van der Waals surface area contributed by atoms with Crippen molar-refractivity contribution < 1.29 is 0 Å². The van der Waals surface area contributed by atoms with Gasteiger partial charge in [-0.3, -0.25) is 0 Å². The first-order chi connectivity index (χ1) is 0. The van der Waals surface area contributed by atoms with Crippen LogP contribution in [0.4, 0.5) is 0 Å². The van der Waals surface area contributed by atoms with Gasteiger partial charge in [0.25, 0.3) is 0 Å². The molecular formula is C4H22S3. The Morgan fingerprint density at radius 1 is 0.286 bits per heavy atom. The van der Waals surface area contributed by atoms with E-state index in [1.54, 1.807) is 0 Å². The van der Waals surface area contributed by atoms with E-state index in [4.69, 9.17) is 0 Å². The molecule has 0 N–H and O–H groups in total. The first-order valence-corrected chi connectivity index (χ1v) is 0. The fourth-order valence-electron chi connectivity index (χ4n) is 0. The molecule has 0 nitrogen and oxygen atoms in total. The van der Waals surface area contributed by atoms with Gasteiger partial charge in [-0.2, -0.15) is 40.5 Å². The summed E-state index contributed by atoms with van der Waals surface area (Å²) in [5, 5.41) is 0. The normalized spacial score (nSPS) is 0. The quantitative estimate of drug-likeness (QED) is 0.519. The molecule has 56 valence electrons. The molecule has 0 atom stereocenters. The van der Waals surface area contributed by atoms with Gasteiger partial charge in [0, 0.05) is 0 Å². The van der Waals surface area contributed by atoms with Gasteiger partial charge in [0.1, 0.15) is 0 Å². The zero-order valence-corrected chi connectivity index (χ0v) is 4.50. The van der Waals surface area contributed by atoms with Crippen LogP contribution >= 0.6 is 40.5 Å². The van der Waals surface area contributed by atoms with Crippen LogP contribution in [0.2, 0.25) is 0 Å². The Morgan fingerprint density at radius 2 is 0.286 bits per heavy atom. The smallest absolute Gasteiger partial charge is 0.0776 e. The van der Waals surface area contributed by atoms with E-state index in [1.807, 2.05) is 0 Å². The van der Waals surface area contributed by atoms with Gasteiger partial charge in [-0.15, -0.1) is 0 Å². The molecule has 0 unspecified atom stereocenters. The van der Waals surface area contributed by atoms with Crippen LogP contribution in [0.3, 0.4) is 0 Å². The molecule has 0 bridgehead atoms. The Kier molecular flexibility index (Phi) is 12100. The fourth-order valence-corrected chi connectivity index (χ4v) is 0. The molecule has 0 saturated heterocycles. The molecule has 0 rings (SSSR count). The lowest BCUT2D eigenvalue weighted by Crippen LogP contribution is 0.143. The SMILES string of the molecule is C.C.C.C.S.S.S. The number of hydrogen-bond donors (Lipinski definition) is 0. The van der Waals surface area contributed by atoms with Crippen LogP contribution in [0.5, 0.6) is 0 Å². The number of hydrogen-bond acceptors (Lipinski definition) is 0. The van der Waals surface area contributed by atoms with Crippen LogP contribution in [-0.4, -0.2) is 0 Å². The summed E-state index contributed by atoms with van der Waals surface area (Å²) < 4.78 is 0. The average Bonchev–Trinajstić information content (AvgIpc) is 0. The molecule has 0 heterocycles. The lowest BCUT2D eigenvalue weighted by molar-refractivity contribution is 2.50. The van der Waals surface area contributed by atoms with Crippen molar-refractivity contribution in [2.75, 3.05) is 0 Å². The Balaban J connectivity index is 0. The van der Waals surface area contributed by atoms with Gasteiger partial charge in [0.2, 0.25) is 0 Å². The second kappa shape index (κ2) is 234. The van der Waals surface area contributed by atoms with Crippen LogP contribution in [0, 0.1) is 0 Å². The van der Waals surface area contributed by atoms with Gasteiger partial charge in [-0.25, -0.2) is 0 Å². The highest BCUT2D eigenvalue weighted by Gasteiger charge is -0.0745. The van der Waals surface area contributed by atoms with Crippen molar-refractivity contribution in [3.05, 3.63) is 0 Å². The summed E-state index contributed by atoms with van der Waals surface area (Å²) in [5.41, 5.74) is 0. The van der Waals surface area contributed by atoms with E-state index in [-0.39, 0.29) is 70.2 Å². The van der Waals surface area contributed by atoms with Gasteiger partial charge in [-0.1, -0.05) is 29.7 Å². The minimum Gasteiger partial charge on any atom is -0.197 e. The van der Waals surface area contributed by atoms with E-state index in [9.17, 15) is 0 Å². The minimum atomic E-state index is 0. The molecule has 0 amide bonds. The van der Waals surface area contributed by atoms with Gasteiger partial charge in [0.15, 0.2) is 0 Å². The fraction of sp³-hybridized carbons (Fsp3) is 1.00. The molecular weight excluding hydrogens is 144 g/mol. The van der Waals surface area contributed by atoms with E-state index >= 15 is 0 Å². The summed E-state index contributed by atoms with van der Waals surface area (Å²) in [6.45, 7) is 0. The van der Waals surface area contributed by atoms with Crippen LogP contribution in [0.25, 0.3) is 0 Å². The number of rotatable bonds is 0. The third-order valence-electron chi connectivity index (χ3n) is 0. The van der Waals surface area contributed by atoms with Crippen LogP contribution in [0.1, 0.15) is 29.7 Å². The monoisotopic (exact) mass is 166 g/mol. The zero-order chi connectivity index (χ0) is 0. The van der Waals surface area contributed by atoms with Crippen molar-refractivity contribution in [2.24, 2.45) is 0 Å². The van der Waals surface area contributed by atoms with Gasteiger partial charge < -0.3 is 0 Å². The van der Waals surface area contributed by atoms with E-state index in [0.717, 1.165) is 0 Å². The van der Waals surface area contributed by atoms with Crippen LogP contribution in [0.15, 0.2) is 0 Å². The highest BCUT2D eigenvalue weighted by molar-refractivity contribution is 7.59. The van der Waals surface area contributed by atoms with Crippen molar-refractivity contribution in [1.29, 1.82) is 0 Å². The first kappa shape index (κ1) is 363. The van der Waals surface area contributed by atoms with Gasteiger partial charge in [-0.05, 0) is 0 Å². The molecule has 0 aromatic rings. The van der Waals surface area contributed by atoms with Crippen molar-refractivity contribution in [3.63, 3.8) is 0 Å². The van der Waals surface area contributed by atoms with E-state index in [0.29, 0.717) is 0 Å². The van der Waals surface area contributed by atoms with Crippen molar-refractivity contribution in [2.45, 2.75) is 29.7 Å². The maximum absolute atomic E-state index is 0. The van der Waals surface area contributed by atoms with E-state index in [1.165, 1.54) is 0 Å². The third kappa shape index (κ3) is 163. The molecule has 7 heavy (non-hydrogen) atoms.